The van der Waals surface area contributed by atoms with Crippen LogP contribution in [0.3, 0.4) is 0 Å². The summed E-state index contributed by atoms with van der Waals surface area (Å²) >= 11 is 0. The molecule has 1 aromatic carbocycles. The largest absolute Gasteiger partial charge is 0.347 e. The van der Waals surface area contributed by atoms with Crippen LogP contribution in [-0.4, -0.2) is 32.4 Å². The van der Waals surface area contributed by atoms with Crippen molar-refractivity contribution in [2.75, 3.05) is 12.0 Å². The van der Waals surface area contributed by atoms with Gasteiger partial charge in [0.05, 0.1) is 6.04 Å². The molecule has 1 amide bonds. The Morgan fingerprint density at radius 2 is 2.11 bits per heavy atom. The molecule has 1 aliphatic carbocycles. The average molecular weight is 268 g/mol. The van der Waals surface area contributed by atoms with Crippen molar-refractivity contribution in [2.24, 2.45) is 5.73 Å². The number of carbonyl (C=O) groups is 1. The second-order valence-corrected chi connectivity index (χ2v) is 6.82. The van der Waals surface area contributed by atoms with E-state index in [1.165, 1.54) is 0 Å². The van der Waals surface area contributed by atoms with Crippen LogP contribution in [0.1, 0.15) is 17.2 Å². The third-order valence-corrected chi connectivity index (χ3v) is 3.77. The molecule has 0 heterocycles. The van der Waals surface area contributed by atoms with Gasteiger partial charge in [-0.15, -0.1) is 0 Å². The number of carbonyl (C=O) groups excluding carboxylic acids is 1. The molecule has 5 nitrogen and oxygen atoms in total. The molecule has 0 bridgehead atoms. The number of nitrogens with two attached hydrogens (primary N) is 1. The van der Waals surface area contributed by atoms with Gasteiger partial charge < -0.3 is 11.1 Å². The van der Waals surface area contributed by atoms with Gasteiger partial charge in [0.25, 0.3) is 0 Å². The van der Waals surface area contributed by atoms with Crippen molar-refractivity contribution in [3.8, 4) is 0 Å². The maximum absolute atomic E-state index is 11.6. The van der Waals surface area contributed by atoms with Crippen LogP contribution in [0.4, 0.5) is 0 Å². The lowest BCUT2D eigenvalue weighted by Crippen LogP contribution is -2.40. The van der Waals surface area contributed by atoms with Crippen LogP contribution >= 0.6 is 0 Å². The molecule has 1 aromatic rings. The Balaban J connectivity index is 2.13. The van der Waals surface area contributed by atoms with Crippen LogP contribution in [0, 0.1) is 0 Å². The SMILES string of the molecule is CS(=O)(=O)CC(=O)NC1c2ccccc2CC1N. The number of sulfone groups is 1. The van der Waals surface area contributed by atoms with Crippen LogP contribution in [0.25, 0.3) is 0 Å². The minimum Gasteiger partial charge on any atom is -0.347 e. The minimum absolute atomic E-state index is 0.203. The number of benzene rings is 1. The summed E-state index contributed by atoms with van der Waals surface area (Å²) in [6.07, 6.45) is 1.73. The van der Waals surface area contributed by atoms with Crippen molar-refractivity contribution in [1.82, 2.24) is 5.32 Å². The van der Waals surface area contributed by atoms with Gasteiger partial charge in [0.2, 0.25) is 5.91 Å². The lowest BCUT2D eigenvalue weighted by Gasteiger charge is -2.18. The van der Waals surface area contributed by atoms with Crippen molar-refractivity contribution in [3.05, 3.63) is 35.4 Å². The third-order valence-electron chi connectivity index (χ3n) is 2.98. The summed E-state index contributed by atoms with van der Waals surface area (Å²) in [7, 11) is -3.31. The quantitative estimate of drug-likeness (QED) is 0.792. The number of amides is 1. The second-order valence-electron chi connectivity index (χ2n) is 4.68. The van der Waals surface area contributed by atoms with Crippen molar-refractivity contribution >= 4 is 15.7 Å². The van der Waals surface area contributed by atoms with E-state index in [-0.39, 0.29) is 12.1 Å². The number of nitrogens with one attached hydrogen (secondary N) is 1. The van der Waals surface area contributed by atoms with Gasteiger partial charge >= 0.3 is 0 Å². The fourth-order valence-corrected chi connectivity index (χ4v) is 2.82. The molecule has 3 N–H and O–H groups in total. The van der Waals surface area contributed by atoms with Gasteiger partial charge in [-0.25, -0.2) is 8.42 Å². The van der Waals surface area contributed by atoms with E-state index in [1.807, 2.05) is 24.3 Å². The van der Waals surface area contributed by atoms with Crippen LogP contribution in [0.2, 0.25) is 0 Å². The highest BCUT2D eigenvalue weighted by molar-refractivity contribution is 7.91. The van der Waals surface area contributed by atoms with E-state index in [9.17, 15) is 13.2 Å². The topological polar surface area (TPSA) is 89.3 Å². The Morgan fingerprint density at radius 1 is 1.44 bits per heavy atom. The van der Waals surface area contributed by atoms with Gasteiger partial charge in [-0.3, -0.25) is 4.79 Å². The summed E-state index contributed by atoms with van der Waals surface area (Å²) < 4.78 is 22.1. The molecule has 0 aromatic heterocycles. The van der Waals surface area contributed by atoms with Gasteiger partial charge in [0.1, 0.15) is 5.75 Å². The van der Waals surface area contributed by atoms with Gasteiger partial charge in [0.15, 0.2) is 9.84 Å². The van der Waals surface area contributed by atoms with Crippen molar-refractivity contribution in [1.29, 1.82) is 0 Å². The normalized spacial score (nSPS) is 22.6. The molecule has 0 saturated carbocycles. The summed E-state index contributed by atoms with van der Waals surface area (Å²) in [6, 6.07) is 7.19. The van der Waals surface area contributed by atoms with Gasteiger partial charge in [-0.05, 0) is 17.5 Å². The zero-order valence-corrected chi connectivity index (χ0v) is 10.9. The summed E-state index contributed by atoms with van der Waals surface area (Å²) in [5.74, 6) is -1.01. The zero-order chi connectivity index (χ0) is 13.3. The average Bonchev–Trinajstić information content (AvgIpc) is 2.53. The number of rotatable bonds is 3. The Hall–Kier alpha value is -1.40. The number of hydrogen-bond donors (Lipinski definition) is 2. The Morgan fingerprint density at radius 3 is 2.78 bits per heavy atom. The highest BCUT2D eigenvalue weighted by Gasteiger charge is 2.31. The first-order chi connectivity index (χ1) is 8.37. The Labute approximate surface area is 106 Å². The van der Waals surface area contributed by atoms with Crippen LogP contribution in [-0.2, 0) is 21.1 Å². The van der Waals surface area contributed by atoms with Gasteiger partial charge in [-0.1, -0.05) is 24.3 Å². The summed E-state index contributed by atoms with van der Waals surface area (Å²) in [5, 5.41) is 2.70. The van der Waals surface area contributed by atoms with Crippen LogP contribution in [0.15, 0.2) is 24.3 Å². The lowest BCUT2D eigenvalue weighted by molar-refractivity contribution is -0.119. The van der Waals surface area contributed by atoms with E-state index in [2.05, 4.69) is 5.32 Å². The molecular weight excluding hydrogens is 252 g/mol. The summed E-state index contributed by atoms with van der Waals surface area (Å²) in [4.78, 5) is 11.6. The van der Waals surface area contributed by atoms with E-state index in [0.29, 0.717) is 6.42 Å². The first-order valence-electron chi connectivity index (χ1n) is 5.67. The Kier molecular flexibility index (Phi) is 3.41. The van der Waals surface area contributed by atoms with E-state index in [4.69, 9.17) is 5.73 Å². The van der Waals surface area contributed by atoms with E-state index >= 15 is 0 Å². The fraction of sp³-hybridized carbons (Fsp3) is 0.417. The zero-order valence-electron chi connectivity index (χ0n) is 10.1. The van der Waals surface area contributed by atoms with E-state index < -0.39 is 21.5 Å². The highest BCUT2D eigenvalue weighted by Crippen LogP contribution is 2.29. The molecule has 98 valence electrons. The smallest absolute Gasteiger partial charge is 0.235 e. The molecular formula is C12H16N2O3S. The molecule has 2 rings (SSSR count). The van der Waals surface area contributed by atoms with Gasteiger partial charge in [-0.2, -0.15) is 0 Å². The molecule has 0 fully saturated rings. The molecule has 0 spiro atoms. The van der Waals surface area contributed by atoms with Crippen molar-refractivity contribution in [3.63, 3.8) is 0 Å². The van der Waals surface area contributed by atoms with Crippen LogP contribution < -0.4 is 11.1 Å². The maximum atomic E-state index is 11.6. The van der Waals surface area contributed by atoms with E-state index in [1.54, 1.807) is 0 Å². The Bertz CT molecular complexity index is 568. The molecule has 2 atom stereocenters. The molecule has 0 saturated heterocycles. The second kappa shape index (κ2) is 4.70. The number of fused-ring (bicyclic) bond motifs is 1. The summed E-state index contributed by atoms with van der Waals surface area (Å²) in [5.41, 5.74) is 8.06. The first-order valence-corrected chi connectivity index (χ1v) is 7.73. The predicted molar refractivity (Wildman–Crippen MR) is 68.7 cm³/mol. The first kappa shape index (κ1) is 13.0. The molecule has 2 unspecified atom stereocenters. The molecule has 0 radical (unpaired) electrons. The monoisotopic (exact) mass is 268 g/mol. The minimum atomic E-state index is -3.31. The van der Waals surface area contributed by atoms with Crippen molar-refractivity contribution in [2.45, 2.75) is 18.5 Å². The molecule has 18 heavy (non-hydrogen) atoms. The highest BCUT2D eigenvalue weighted by atomic mass is 32.2. The fourth-order valence-electron chi connectivity index (χ4n) is 2.26. The molecule has 1 aliphatic rings. The predicted octanol–water partition coefficient (Wildman–Crippen LogP) is -0.228. The van der Waals surface area contributed by atoms with Gasteiger partial charge in [0, 0.05) is 12.3 Å². The number of hydrogen-bond acceptors (Lipinski definition) is 4. The molecule has 6 heteroatoms. The summed E-state index contributed by atoms with van der Waals surface area (Å²) in [6.45, 7) is 0. The van der Waals surface area contributed by atoms with Crippen LogP contribution in [0.5, 0.6) is 0 Å². The van der Waals surface area contributed by atoms with Crippen molar-refractivity contribution < 1.29 is 13.2 Å². The molecule has 0 aliphatic heterocycles. The standard InChI is InChI=1S/C12H16N2O3S/c1-18(16,17)7-11(15)14-12-9-5-3-2-4-8(9)6-10(12)13/h2-5,10,12H,6-7,13H2,1H3,(H,14,15). The third kappa shape index (κ3) is 2.88. The lowest BCUT2D eigenvalue weighted by atomic mass is 10.1. The maximum Gasteiger partial charge on any atom is 0.235 e. The van der Waals surface area contributed by atoms with E-state index in [0.717, 1.165) is 17.4 Å².